The average molecular weight is 449 g/mol. The minimum absolute atomic E-state index is 0.235. The van der Waals surface area contributed by atoms with Crippen LogP contribution in [0.1, 0.15) is 24.3 Å². The van der Waals surface area contributed by atoms with Gasteiger partial charge < -0.3 is 19.4 Å². The Morgan fingerprint density at radius 3 is 2.67 bits per heavy atom. The molecule has 1 aromatic carbocycles. The van der Waals surface area contributed by atoms with Crippen LogP contribution in [0.25, 0.3) is 0 Å². The molecule has 2 aromatic rings. The Balaban J connectivity index is 2.00. The summed E-state index contributed by atoms with van der Waals surface area (Å²) in [7, 11) is 1.55. The maximum Gasteiger partial charge on any atom is 0.406 e. The number of hydrogen-bond acceptors (Lipinski definition) is 4. The van der Waals surface area contributed by atoms with Gasteiger partial charge in [0.05, 0.1) is 30.9 Å². The molecule has 148 valence electrons. The molecule has 27 heavy (non-hydrogen) atoms. The van der Waals surface area contributed by atoms with E-state index in [4.69, 9.17) is 9.15 Å². The predicted molar refractivity (Wildman–Crippen MR) is 97.3 cm³/mol. The Hall–Kier alpha value is -2.00. The number of ether oxygens (including phenoxy) is 1. The van der Waals surface area contributed by atoms with E-state index in [0.29, 0.717) is 11.5 Å². The molecular weight excluding hydrogens is 429 g/mol. The fourth-order valence-corrected chi connectivity index (χ4v) is 3.02. The SMILES string of the molecule is COc1ccc(C(C)NCC(=O)N(Cc2ccco2)CC(F)(F)F)cc1Br. The molecule has 0 spiro atoms. The van der Waals surface area contributed by atoms with Crippen LogP contribution in [-0.4, -0.2) is 37.2 Å². The van der Waals surface area contributed by atoms with E-state index in [1.165, 1.54) is 12.3 Å². The summed E-state index contributed by atoms with van der Waals surface area (Å²) in [5.41, 5.74) is 0.865. The minimum Gasteiger partial charge on any atom is -0.496 e. The first kappa shape index (κ1) is 21.3. The fourth-order valence-electron chi connectivity index (χ4n) is 2.46. The van der Waals surface area contributed by atoms with Gasteiger partial charge in [-0.15, -0.1) is 0 Å². The smallest absolute Gasteiger partial charge is 0.406 e. The number of nitrogens with zero attached hydrogens (tertiary/aromatic N) is 1. The molecular formula is C18H20BrF3N2O3. The summed E-state index contributed by atoms with van der Waals surface area (Å²) in [6.07, 6.45) is -3.14. The molecule has 1 aromatic heterocycles. The Labute approximate surface area is 163 Å². The highest BCUT2D eigenvalue weighted by Gasteiger charge is 2.33. The zero-order valence-electron chi connectivity index (χ0n) is 14.8. The van der Waals surface area contributed by atoms with Crippen LogP contribution in [0.4, 0.5) is 13.2 Å². The molecule has 1 atom stereocenters. The fraction of sp³-hybridized carbons (Fsp3) is 0.389. The number of amides is 1. The summed E-state index contributed by atoms with van der Waals surface area (Å²) in [5, 5.41) is 2.96. The topological polar surface area (TPSA) is 54.7 Å². The maximum atomic E-state index is 12.8. The van der Waals surface area contributed by atoms with Gasteiger partial charge in [0.25, 0.3) is 0 Å². The third kappa shape index (κ3) is 6.59. The van der Waals surface area contributed by atoms with Gasteiger partial charge in [0.2, 0.25) is 5.91 Å². The van der Waals surface area contributed by atoms with Gasteiger partial charge >= 0.3 is 6.18 Å². The van der Waals surface area contributed by atoms with Crippen molar-refractivity contribution in [2.75, 3.05) is 20.2 Å². The molecule has 0 radical (unpaired) electrons. The van der Waals surface area contributed by atoms with Crippen molar-refractivity contribution in [3.8, 4) is 5.75 Å². The number of carbonyl (C=O) groups is 1. The molecule has 0 aliphatic heterocycles. The summed E-state index contributed by atoms with van der Waals surface area (Å²) in [6, 6.07) is 8.27. The van der Waals surface area contributed by atoms with E-state index >= 15 is 0 Å². The number of rotatable bonds is 8. The number of benzene rings is 1. The lowest BCUT2D eigenvalue weighted by atomic mass is 10.1. The van der Waals surface area contributed by atoms with Crippen LogP contribution in [0, 0.1) is 0 Å². The molecule has 1 unspecified atom stereocenters. The van der Waals surface area contributed by atoms with Gasteiger partial charge in [-0.25, -0.2) is 0 Å². The average Bonchev–Trinajstić information content (AvgIpc) is 3.10. The number of furan rings is 1. The van der Waals surface area contributed by atoms with E-state index in [1.54, 1.807) is 19.2 Å². The van der Waals surface area contributed by atoms with Crippen LogP contribution in [0.2, 0.25) is 0 Å². The standard InChI is InChI=1S/C18H20BrF3N2O3/c1-12(13-5-6-16(26-2)15(19)8-13)23-9-17(25)24(11-18(20,21)22)10-14-4-3-7-27-14/h3-8,12,23H,9-11H2,1-2H3. The Bertz CT molecular complexity index is 751. The van der Waals surface area contributed by atoms with Crippen molar-refractivity contribution in [3.63, 3.8) is 0 Å². The summed E-state index contributed by atoms with van der Waals surface area (Å²) in [5.74, 6) is 0.291. The van der Waals surface area contributed by atoms with Gasteiger partial charge in [-0.1, -0.05) is 6.07 Å². The second-order valence-corrected chi connectivity index (χ2v) is 6.80. The van der Waals surface area contributed by atoms with Gasteiger partial charge in [-0.3, -0.25) is 4.79 Å². The van der Waals surface area contributed by atoms with Crippen molar-refractivity contribution in [2.24, 2.45) is 0 Å². The number of halogens is 4. The van der Waals surface area contributed by atoms with Gasteiger partial charge in [0, 0.05) is 6.04 Å². The second-order valence-electron chi connectivity index (χ2n) is 5.94. The highest BCUT2D eigenvalue weighted by atomic mass is 79.9. The molecule has 2 rings (SSSR count). The minimum atomic E-state index is -4.49. The third-order valence-corrected chi connectivity index (χ3v) is 4.50. The van der Waals surface area contributed by atoms with E-state index in [0.717, 1.165) is 14.9 Å². The molecule has 0 saturated heterocycles. The molecule has 9 heteroatoms. The third-order valence-electron chi connectivity index (χ3n) is 3.88. The lowest BCUT2D eigenvalue weighted by molar-refractivity contribution is -0.162. The number of hydrogen-bond donors (Lipinski definition) is 1. The van der Waals surface area contributed by atoms with E-state index in [9.17, 15) is 18.0 Å². The van der Waals surface area contributed by atoms with E-state index in [2.05, 4.69) is 21.2 Å². The second kappa shape index (κ2) is 9.27. The Morgan fingerprint density at radius 2 is 2.11 bits per heavy atom. The van der Waals surface area contributed by atoms with Crippen LogP contribution >= 0.6 is 15.9 Å². The van der Waals surface area contributed by atoms with Crippen molar-refractivity contribution in [1.29, 1.82) is 0 Å². The molecule has 1 N–H and O–H groups in total. The van der Waals surface area contributed by atoms with Crippen molar-refractivity contribution >= 4 is 21.8 Å². The van der Waals surface area contributed by atoms with Gasteiger partial charge in [0.1, 0.15) is 18.1 Å². The zero-order valence-corrected chi connectivity index (χ0v) is 16.4. The van der Waals surface area contributed by atoms with Crippen LogP contribution in [0.5, 0.6) is 5.75 Å². The van der Waals surface area contributed by atoms with Crippen LogP contribution < -0.4 is 10.1 Å². The summed E-state index contributed by atoms with van der Waals surface area (Å²) < 4.78 is 49.4. The number of alkyl halides is 3. The molecule has 0 aliphatic rings. The summed E-state index contributed by atoms with van der Waals surface area (Å²) in [6.45, 7) is 0.00985. The Kier molecular flexibility index (Phi) is 7.32. The highest BCUT2D eigenvalue weighted by Crippen LogP contribution is 2.28. The molecule has 0 bridgehead atoms. The van der Waals surface area contributed by atoms with Crippen molar-refractivity contribution < 1.29 is 27.1 Å². The highest BCUT2D eigenvalue weighted by molar-refractivity contribution is 9.10. The number of nitrogens with one attached hydrogen (secondary N) is 1. The van der Waals surface area contributed by atoms with E-state index < -0.39 is 18.6 Å². The molecule has 5 nitrogen and oxygen atoms in total. The van der Waals surface area contributed by atoms with Crippen LogP contribution in [-0.2, 0) is 11.3 Å². The monoisotopic (exact) mass is 448 g/mol. The molecule has 0 aliphatic carbocycles. The van der Waals surface area contributed by atoms with Gasteiger partial charge in [-0.05, 0) is 52.7 Å². The lowest BCUT2D eigenvalue weighted by Crippen LogP contribution is -2.43. The van der Waals surface area contributed by atoms with Crippen LogP contribution in [0.15, 0.2) is 45.5 Å². The lowest BCUT2D eigenvalue weighted by Gasteiger charge is -2.24. The quantitative estimate of drug-likeness (QED) is 0.654. The Morgan fingerprint density at radius 1 is 1.37 bits per heavy atom. The van der Waals surface area contributed by atoms with Crippen molar-refractivity contribution in [1.82, 2.24) is 10.2 Å². The first-order valence-corrected chi connectivity index (χ1v) is 8.92. The summed E-state index contributed by atoms with van der Waals surface area (Å²) >= 11 is 3.38. The van der Waals surface area contributed by atoms with Crippen molar-refractivity contribution in [2.45, 2.75) is 25.7 Å². The molecule has 1 heterocycles. The van der Waals surface area contributed by atoms with Gasteiger partial charge in [-0.2, -0.15) is 13.2 Å². The van der Waals surface area contributed by atoms with Crippen molar-refractivity contribution in [3.05, 3.63) is 52.4 Å². The van der Waals surface area contributed by atoms with E-state index in [1.807, 2.05) is 19.1 Å². The summed E-state index contributed by atoms with van der Waals surface area (Å²) in [4.78, 5) is 13.1. The first-order valence-electron chi connectivity index (χ1n) is 8.13. The van der Waals surface area contributed by atoms with E-state index in [-0.39, 0.29) is 19.1 Å². The number of methoxy groups -OCH3 is 1. The zero-order chi connectivity index (χ0) is 20.0. The maximum absolute atomic E-state index is 12.8. The number of carbonyl (C=O) groups excluding carboxylic acids is 1. The molecule has 0 fully saturated rings. The van der Waals surface area contributed by atoms with Crippen LogP contribution in [0.3, 0.4) is 0 Å². The predicted octanol–water partition coefficient (Wildman–Crippen LogP) is 4.29. The first-order chi connectivity index (χ1) is 12.7. The molecule has 1 amide bonds. The van der Waals surface area contributed by atoms with Gasteiger partial charge in [0.15, 0.2) is 0 Å². The molecule has 0 saturated carbocycles. The normalized spacial score (nSPS) is 12.7. The largest absolute Gasteiger partial charge is 0.496 e.